The first-order chi connectivity index (χ1) is 8.53. The molecule has 1 heterocycles. The van der Waals surface area contributed by atoms with E-state index in [1.807, 2.05) is 6.92 Å². The van der Waals surface area contributed by atoms with Gasteiger partial charge in [-0.05, 0) is 32.9 Å². The molecule has 6 nitrogen and oxygen atoms in total. The van der Waals surface area contributed by atoms with Crippen molar-refractivity contribution in [3.8, 4) is 0 Å². The number of nitrogens with one attached hydrogen (secondary N) is 2. The molecular weight excluding hydrogens is 254 g/mol. The van der Waals surface area contributed by atoms with Gasteiger partial charge in [-0.3, -0.25) is 0 Å². The highest BCUT2D eigenvalue weighted by atomic mass is 32.2. The first kappa shape index (κ1) is 15.1. The summed E-state index contributed by atoms with van der Waals surface area (Å²) in [5, 5.41) is 3.15. The number of aromatic nitrogens is 1. The van der Waals surface area contributed by atoms with Crippen LogP contribution < -0.4 is 10.0 Å². The molecule has 1 aromatic heterocycles. The summed E-state index contributed by atoms with van der Waals surface area (Å²) in [6, 6.07) is 0. The Morgan fingerprint density at radius 3 is 2.78 bits per heavy atom. The van der Waals surface area contributed by atoms with Crippen LogP contribution >= 0.6 is 0 Å². The molecule has 7 heteroatoms. The van der Waals surface area contributed by atoms with Crippen molar-refractivity contribution in [2.24, 2.45) is 0 Å². The van der Waals surface area contributed by atoms with E-state index in [2.05, 4.69) is 15.0 Å². The smallest absolute Gasteiger partial charge is 0.212 e. The predicted molar refractivity (Wildman–Crippen MR) is 69.6 cm³/mol. The van der Waals surface area contributed by atoms with Gasteiger partial charge in [-0.2, -0.15) is 0 Å². The van der Waals surface area contributed by atoms with E-state index in [1.54, 1.807) is 13.1 Å². The predicted octanol–water partition coefficient (Wildman–Crippen LogP) is 0.792. The molecule has 0 aliphatic rings. The lowest BCUT2D eigenvalue weighted by Crippen LogP contribution is -2.26. The molecule has 0 aliphatic carbocycles. The Morgan fingerprint density at radius 1 is 1.39 bits per heavy atom. The number of oxazole rings is 1. The summed E-state index contributed by atoms with van der Waals surface area (Å²) in [5.74, 6) is 1.21. The minimum atomic E-state index is -3.24. The Kier molecular flexibility index (Phi) is 6.31. The van der Waals surface area contributed by atoms with Gasteiger partial charge in [0.1, 0.15) is 5.76 Å². The minimum absolute atomic E-state index is 0.114. The third kappa shape index (κ3) is 6.13. The number of rotatable bonds is 9. The van der Waals surface area contributed by atoms with Crippen LogP contribution in [0.1, 0.15) is 31.4 Å². The molecule has 0 spiro atoms. The number of hydrogen-bond acceptors (Lipinski definition) is 5. The average Bonchev–Trinajstić information content (AvgIpc) is 2.73. The highest BCUT2D eigenvalue weighted by Gasteiger charge is 2.11. The molecule has 0 fully saturated rings. The molecule has 18 heavy (non-hydrogen) atoms. The maximum Gasteiger partial charge on any atom is 0.212 e. The molecule has 0 aromatic carbocycles. The van der Waals surface area contributed by atoms with Crippen molar-refractivity contribution in [2.45, 2.75) is 33.2 Å². The zero-order valence-electron chi connectivity index (χ0n) is 10.9. The Morgan fingerprint density at radius 2 is 2.17 bits per heavy atom. The molecule has 1 rings (SSSR count). The number of unbranched alkanes of at least 4 members (excludes halogenated alkanes) is 1. The minimum Gasteiger partial charge on any atom is -0.445 e. The van der Waals surface area contributed by atoms with Gasteiger partial charge in [-0.25, -0.2) is 18.1 Å². The Hall–Kier alpha value is -0.920. The van der Waals surface area contributed by atoms with E-state index in [9.17, 15) is 8.42 Å². The number of nitrogens with zero attached hydrogens (tertiary/aromatic N) is 1. The quantitative estimate of drug-likeness (QED) is 0.651. The summed E-state index contributed by atoms with van der Waals surface area (Å²) in [4.78, 5) is 3.94. The van der Waals surface area contributed by atoms with Crippen LogP contribution in [-0.2, 0) is 16.6 Å². The summed E-state index contributed by atoms with van der Waals surface area (Å²) in [6.45, 7) is 5.67. The van der Waals surface area contributed by atoms with Gasteiger partial charge in [-0.1, -0.05) is 6.92 Å². The van der Waals surface area contributed by atoms with E-state index in [0.717, 1.165) is 19.5 Å². The maximum atomic E-state index is 11.6. The van der Waals surface area contributed by atoms with Crippen LogP contribution in [0.3, 0.4) is 0 Å². The Labute approximate surface area is 108 Å². The molecule has 0 unspecified atom stereocenters. The fraction of sp³-hybridized carbons (Fsp3) is 0.727. The molecular formula is C11H21N3O3S. The first-order valence-corrected chi connectivity index (χ1v) is 7.78. The summed E-state index contributed by atoms with van der Waals surface area (Å²) in [5.41, 5.74) is 0. The topological polar surface area (TPSA) is 84.2 Å². The van der Waals surface area contributed by atoms with Crippen molar-refractivity contribution in [1.82, 2.24) is 15.0 Å². The lowest BCUT2D eigenvalue weighted by Gasteiger charge is -2.05. The zero-order valence-corrected chi connectivity index (χ0v) is 11.7. The Balaban J connectivity index is 2.23. The monoisotopic (exact) mass is 275 g/mol. The van der Waals surface area contributed by atoms with Gasteiger partial charge in [0.25, 0.3) is 0 Å². The van der Waals surface area contributed by atoms with Crippen molar-refractivity contribution in [3.63, 3.8) is 0 Å². The van der Waals surface area contributed by atoms with E-state index in [0.29, 0.717) is 18.1 Å². The van der Waals surface area contributed by atoms with Crippen molar-refractivity contribution in [1.29, 1.82) is 0 Å². The molecule has 0 aliphatic heterocycles. The second-order valence-electron chi connectivity index (χ2n) is 4.07. The van der Waals surface area contributed by atoms with E-state index >= 15 is 0 Å². The van der Waals surface area contributed by atoms with Crippen LogP contribution in [0.15, 0.2) is 10.6 Å². The largest absolute Gasteiger partial charge is 0.445 e. The molecule has 0 radical (unpaired) electrons. The summed E-state index contributed by atoms with van der Waals surface area (Å²) in [6.07, 6.45) is 3.07. The van der Waals surface area contributed by atoms with Gasteiger partial charge in [0.05, 0.1) is 18.5 Å². The lowest BCUT2D eigenvalue weighted by atomic mass is 10.3. The third-order valence-corrected chi connectivity index (χ3v) is 3.79. The molecule has 0 saturated carbocycles. The molecule has 0 amide bonds. The second kappa shape index (κ2) is 7.50. The molecule has 0 saturated heterocycles. The van der Waals surface area contributed by atoms with Crippen molar-refractivity contribution < 1.29 is 12.8 Å². The highest BCUT2D eigenvalue weighted by molar-refractivity contribution is 7.89. The molecule has 104 valence electrons. The molecule has 2 N–H and O–H groups in total. The van der Waals surface area contributed by atoms with Gasteiger partial charge >= 0.3 is 0 Å². The number of hydrogen-bond donors (Lipinski definition) is 2. The zero-order chi connectivity index (χ0) is 13.4. The van der Waals surface area contributed by atoms with Gasteiger partial charge < -0.3 is 9.73 Å². The van der Waals surface area contributed by atoms with Crippen LogP contribution in [0.25, 0.3) is 0 Å². The van der Waals surface area contributed by atoms with Crippen LogP contribution in [0.4, 0.5) is 0 Å². The first-order valence-electron chi connectivity index (χ1n) is 6.13. The lowest BCUT2D eigenvalue weighted by molar-refractivity contribution is 0.463. The molecule has 0 bridgehead atoms. The van der Waals surface area contributed by atoms with Crippen LogP contribution in [-0.4, -0.2) is 32.2 Å². The van der Waals surface area contributed by atoms with Gasteiger partial charge in [0.15, 0.2) is 0 Å². The molecule has 0 atom stereocenters. The molecule has 1 aromatic rings. The van der Waals surface area contributed by atoms with Gasteiger partial charge in [0, 0.05) is 0 Å². The van der Waals surface area contributed by atoms with Crippen molar-refractivity contribution in [3.05, 3.63) is 17.8 Å². The SMILES string of the molecule is CCNCCCCS(=O)(=O)NCc1ncc(C)o1. The van der Waals surface area contributed by atoms with Crippen molar-refractivity contribution in [2.75, 3.05) is 18.8 Å². The van der Waals surface area contributed by atoms with E-state index in [4.69, 9.17) is 4.42 Å². The fourth-order valence-electron chi connectivity index (χ4n) is 1.45. The van der Waals surface area contributed by atoms with Gasteiger partial charge in [-0.15, -0.1) is 0 Å². The second-order valence-corrected chi connectivity index (χ2v) is 5.99. The number of sulfonamides is 1. The van der Waals surface area contributed by atoms with Crippen LogP contribution in [0, 0.1) is 6.92 Å². The Bertz CT molecular complexity index is 442. The summed E-state index contributed by atoms with van der Waals surface area (Å²) < 4.78 is 30.9. The van der Waals surface area contributed by atoms with E-state index < -0.39 is 10.0 Å². The normalized spacial score (nSPS) is 11.9. The standard InChI is InChI=1S/C11H21N3O3S/c1-3-12-6-4-5-7-18(15,16)14-9-11-13-8-10(2)17-11/h8,12,14H,3-7,9H2,1-2H3. The van der Waals surface area contributed by atoms with Crippen molar-refractivity contribution >= 4 is 10.0 Å². The highest BCUT2D eigenvalue weighted by Crippen LogP contribution is 2.02. The van der Waals surface area contributed by atoms with Crippen LogP contribution in [0.5, 0.6) is 0 Å². The van der Waals surface area contributed by atoms with Crippen LogP contribution in [0.2, 0.25) is 0 Å². The summed E-state index contributed by atoms with van der Waals surface area (Å²) >= 11 is 0. The van der Waals surface area contributed by atoms with E-state index in [-0.39, 0.29) is 12.3 Å². The third-order valence-electron chi connectivity index (χ3n) is 2.38. The average molecular weight is 275 g/mol. The summed E-state index contributed by atoms with van der Waals surface area (Å²) in [7, 11) is -3.24. The maximum absolute atomic E-state index is 11.6. The van der Waals surface area contributed by atoms with Gasteiger partial charge in [0.2, 0.25) is 15.9 Å². The van der Waals surface area contributed by atoms with E-state index in [1.165, 1.54) is 0 Å². The number of aryl methyl sites for hydroxylation is 1. The fourth-order valence-corrected chi connectivity index (χ4v) is 2.52.